The van der Waals surface area contributed by atoms with Crippen molar-refractivity contribution in [2.45, 2.75) is 32.2 Å². The van der Waals surface area contributed by atoms with E-state index in [-0.39, 0.29) is 0 Å². The predicted octanol–water partition coefficient (Wildman–Crippen LogP) is 3.51. The summed E-state index contributed by atoms with van der Waals surface area (Å²) in [6.07, 6.45) is 3.55. The van der Waals surface area contributed by atoms with E-state index in [4.69, 9.17) is 0 Å². The molecule has 0 aromatic heterocycles. The molecule has 2 radical (unpaired) electrons. The molecule has 0 atom stereocenters. The Morgan fingerprint density at radius 3 is 2.50 bits per heavy atom. The summed E-state index contributed by atoms with van der Waals surface area (Å²) in [5, 5.41) is 2.05. The molecule has 0 saturated carbocycles. The second-order valence-electron chi connectivity index (χ2n) is 4.92. The third-order valence-corrected chi connectivity index (χ3v) is 3.69. The molecule has 0 fully saturated rings. The Hall–Kier alpha value is -0.823. The normalized spacial score (nSPS) is 15.2. The van der Waals surface area contributed by atoms with Gasteiger partial charge in [-0.05, 0) is 22.6 Å². The molecule has 0 aliphatic heterocycles. The van der Waals surface area contributed by atoms with Gasteiger partial charge in [0.25, 0.3) is 0 Å². The van der Waals surface area contributed by atoms with Crippen LogP contribution >= 0.6 is 0 Å². The van der Waals surface area contributed by atoms with E-state index in [9.17, 15) is 0 Å². The Labute approximate surface area is 88.9 Å². The number of hydrogen-bond donors (Lipinski definition) is 0. The van der Waals surface area contributed by atoms with Crippen molar-refractivity contribution in [2.24, 2.45) is 0 Å². The molecule has 2 rings (SSSR count). The number of fused-ring (bicyclic) bond motifs is 1. The van der Waals surface area contributed by atoms with Crippen molar-refractivity contribution in [3.63, 3.8) is 0 Å². The summed E-state index contributed by atoms with van der Waals surface area (Å²) in [4.78, 5) is 0. The number of hydrogen-bond acceptors (Lipinski definition) is 0. The molecule has 1 aromatic carbocycles. The SMILES string of the molecule is CC(C)(C)[Si]C1=Cc2ccccc2C1. The molecule has 1 aliphatic carbocycles. The van der Waals surface area contributed by atoms with Gasteiger partial charge in [0, 0.05) is 0 Å². The van der Waals surface area contributed by atoms with Crippen LogP contribution in [0.25, 0.3) is 6.08 Å². The van der Waals surface area contributed by atoms with Gasteiger partial charge in [-0.25, -0.2) is 0 Å². The quantitative estimate of drug-likeness (QED) is 0.609. The first kappa shape index (κ1) is 9.72. The Morgan fingerprint density at radius 1 is 1.14 bits per heavy atom. The lowest BCUT2D eigenvalue weighted by atomic mass is 10.1. The molecule has 0 spiro atoms. The fourth-order valence-corrected chi connectivity index (χ4v) is 3.31. The predicted molar refractivity (Wildman–Crippen MR) is 63.6 cm³/mol. The zero-order valence-electron chi connectivity index (χ0n) is 9.09. The van der Waals surface area contributed by atoms with Crippen LogP contribution in [0.3, 0.4) is 0 Å². The Balaban J connectivity index is 2.16. The summed E-state index contributed by atoms with van der Waals surface area (Å²) in [6, 6.07) is 8.72. The molecule has 14 heavy (non-hydrogen) atoms. The molecule has 0 saturated heterocycles. The van der Waals surface area contributed by atoms with E-state index in [1.165, 1.54) is 17.5 Å². The molecule has 1 aliphatic rings. The Bertz CT molecular complexity index is 369. The van der Waals surface area contributed by atoms with Crippen LogP contribution in [0.4, 0.5) is 0 Å². The first-order valence-electron chi connectivity index (χ1n) is 5.11. The van der Waals surface area contributed by atoms with Crippen molar-refractivity contribution >= 4 is 15.6 Å². The van der Waals surface area contributed by atoms with Crippen molar-refractivity contribution in [2.75, 3.05) is 0 Å². The largest absolute Gasteiger partial charge is 0.0815 e. The fourth-order valence-electron chi connectivity index (χ4n) is 1.84. The van der Waals surface area contributed by atoms with Crippen LogP contribution in [-0.2, 0) is 6.42 Å². The van der Waals surface area contributed by atoms with E-state index in [1.54, 1.807) is 5.20 Å². The molecule has 0 unspecified atom stereocenters. The number of allylic oxidation sites excluding steroid dienone is 1. The highest BCUT2D eigenvalue weighted by atomic mass is 28.2. The molecule has 72 valence electrons. The van der Waals surface area contributed by atoms with Crippen LogP contribution in [-0.4, -0.2) is 9.52 Å². The van der Waals surface area contributed by atoms with E-state index in [0.717, 1.165) is 9.52 Å². The van der Waals surface area contributed by atoms with E-state index < -0.39 is 0 Å². The second kappa shape index (κ2) is 3.39. The maximum atomic E-state index is 2.37. The van der Waals surface area contributed by atoms with Gasteiger partial charge >= 0.3 is 0 Å². The lowest BCUT2D eigenvalue weighted by Gasteiger charge is -2.17. The van der Waals surface area contributed by atoms with E-state index in [0.29, 0.717) is 5.04 Å². The highest BCUT2D eigenvalue weighted by Gasteiger charge is 2.19. The zero-order chi connectivity index (χ0) is 10.2. The summed E-state index contributed by atoms with van der Waals surface area (Å²) < 4.78 is 0. The standard InChI is InChI=1S/C13H16Si/c1-13(2,3)14-12-8-10-6-4-5-7-11(10)9-12/h4-8H,9H2,1-3H3. The summed E-state index contributed by atoms with van der Waals surface area (Å²) in [6.45, 7) is 6.94. The first-order chi connectivity index (χ1) is 6.54. The smallest absolute Gasteiger partial charge is 0.0798 e. The molecule has 0 N–H and O–H groups in total. The minimum atomic E-state index is 0.438. The molecule has 1 aromatic rings. The highest BCUT2D eigenvalue weighted by Crippen LogP contribution is 2.30. The average molecular weight is 200 g/mol. The Kier molecular flexibility index (Phi) is 2.36. The number of benzene rings is 1. The van der Waals surface area contributed by atoms with Crippen LogP contribution in [0.15, 0.2) is 29.5 Å². The maximum absolute atomic E-state index is 2.37. The van der Waals surface area contributed by atoms with Gasteiger partial charge in [0.1, 0.15) is 0 Å². The monoisotopic (exact) mass is 200 g/mol. The van der Waals surface area contributed by atoms with Gasteiger partial charge in [-0.1, -0.05) is 56.3 Å². The van der Waals surface area contributed by atoms with Crippen molar-refractivity contribution in [3.05, 3.63) is 40.6 Å². The molecule has 1 heteroatoms. The van der Waals surface area contributed by atoms with Crippen LogP contribution in [0.2, 0.25) is 5.04 Å². The van der Waals surface area contributed by atoms with E-state index in [1.807, 2.05) is 0 Å². The zero-order valence-corrected chi connectivity index (χ0v) is 10.1. The van der Waals surface area contributed by atoms with Crippen molar-refractivity contribution < 1.29 is 0 Å². The second-order valence-corrected chi connectivity index (χ2v) is 7.31. The topological polar surface area (TPSA) is 0 Å². The first-order valence-corrected chi connectivity index (χ1v) is 6.11. The minimum absolute atomic E-state index is 0.438. The summed E-state index contributed by atoms with van der Waals surface area (Å²) in [5.74, 6) is 0. The molecule has 0 nitrogen and oxygen atoms in total. The van der Waals surface area contributed by atoms with Gasteiger partial charge in [-0.2, -0.15) is 0 Å². The summed E-state index contributed by atoms with van der Waals surface area (Å²) >= 11 is 0. The molecular formula is C13H16Si. The van der Waals surface area contributed by atoms with Crippen molar-refractivity contribution in [1.29, 1.82) is 0 Å². The lowest BCUT2D eigenvalue weighted by molar-refractivity contribution is 0.755. The third-order valence-electron chi connectivity index (χ3n) is 2.30. The van der Waals surface area contributed by atoms with Crippen LogP contribution < -0.4 is 0 Å². The summed E-state index contributed by atoms with van der Waals surface area (Å²) in [7, 11) is 0.953. The Morgan fingerprint density at radius 2 is 1.86 bits per heavy atom. The molecule has 0 heterocycles. The fraction of sp³-hybridized carbons (Fsp3) is 0.385. The van der Waals surface area contributed by atoms with Crippen LogP contribution in [0.1, 0.15) is 31.9 Å². The van der Waals surface area contributed by atoms with Gasteiger partial charge in [-0.15, -0.1) is 0 Å². The minimum Gasteiger partial charge on any atom is -0.0798 e. The van der Waals surface area contributed by atoms with Crippen molar-refractivity contribution in [1.82, 2.24) is 0 Å². The third kappa shape index (κ3) is 2.15. The van der Waals surface area contributed by atoms with E-state index >= 15 is 0 Å². The molecule has 0 amide bonds. The van der Waals surface area contributed by atoms with Gasteiger partial charge < -0.3 is 0 Å². The molecular weight excluding hydrogens is 184 g/mol. The number of rotatable bonds is 1. The average Bonchev–Trinajstić information content (AvgIpc) is 2.42. The van der Waals surface area contributed by atoms with Crippen molar-refractivity contribution in [3.8, 4) is 0 Å². The van der Waals surface area contributed by atoms with Crippen LogP contribution in [0.5, 0.6) is 0 Å². The van der Waals surface area contributed by atoms with Crippen LogP contribution in [0, 0.1) is 0 Å². The summed E-state index contributed by atoms with van der Waals surface area (Å²) in [5.41, 5.74) is 2.93. The lowest BCUT2D eigenvalue weighted by Crippen LogP contribution is -2.11. The van der Waals surface area contributed by atoms with Gasteiger partial charge in [0.05, 0.1) is 9.52 Å². The van der Waals surface area contributed by atoms with Gasteiger partial charge in [0.15, 0.2) is 0 Å². The maximum Gasteiger partial charge on any atom is 0.0815 e. The van der Waals surface area contributed by atoms with Gasteiger partial charge in [-0.3, -0.25) is 0 Å². The van der Waals surface area contributed by atoms with E-state index in [2.05, 4.69) is 51.1 Å². The molecule has 0 bridgehead atoms. The highest BCUT2D eigenvalue weighted by molar-refractivity contribution is 6.50. The van der Waals surface area contributed by atoms with Gasteiger partial charge in [0.2, 0.25) is 0 Å².